The number of ether oxygens (including phenoxy) is 2. The first-order valence-corrected chi connectivity index (χ1v) is 7.24. The fraction of sp³-hybridized carbons (Fsp3) is 0.625. The van der Waals surface area contributed by atoms with Gasteiger partial charge < -0.3 is 9.47 Å². The topological polar surface area (TPSA) is 18.5 Å². The zero-order valence-electron chi connectivity index (χ0n) is 11.5. The van der Waals surface area contributed by atoms with Gasteiger partial charge in [-0.05, 0) is 50.3 Å². The van der Waals surface area contributed by atoms with Crippen LogP contribution in [0.15, 0.2) is 18.2 Å². The lowest BCUT2D eigenvalue weighted by molar-refractivity contribution is -0.0512. The van der Waals surface area contributed by atoms with E-state index in [1.807, 2.05) is 6.92 Å². The van der Waals surface area contributed by atoms with E-state index in [-0.39, 0.29) is 17.5 Å². The Kier molecular flexibility index (Phi) is 3.48. The number of benzene rings is 1. The molecule has 1 saturated carbocycles. The molecule has 0 bridgehead atoms. The van der Waals surface area contributed by atoms with Gasteiger partial charge in [0.25, 0.3) is 0 Å². The summed E-state index contributed by atoms with van der Waals surface area (Å²) in [6.07, 6.45) is 7.22. The molecule has 1 aromatic carbocycles. The monoisotopic (exact) mass is 264 g/mol. The minimum Gasteiger partial charge on any atom is -0.488 e. The Hall–Kier alpha value is -1.09. The fourth-order valence-electron chi connectivity index (χ4n) is 3.30. The predicted molar refractivity (Wildman–Crippen MR) is 71.9 cm³/mol. The number of hydrogen-bond acceptors (Lipinski definition) is 2. The smallest absolute Gasteiger partial charge is 0.165 e. The molecule has 104 valence electrons. The standard InChI is InChI=1S/C16H21FO2/c1-12-4-5-14(17)15(10-12)18-11-13-6-9-16(19-13)7-2-3-8-16/h4-5,10,13H,2-3,6-9,11H2,1H3. The van der Waals surface area contributed by atoms with Crippen molar-refractivity contribution in [2.24, 2.45) is 0 Å². The number of aryl methyl sites for hydroxylation is 1. The zero-order chi connectivity index (χ0) is 13.3. The molecule has 1 aromatic rings. The van der Waals surface area contributed by atoms with Gasteiger partial charge in [-0.2, -0.15) is 0 Å². The molecule has 0 radical (unpaired) electrons. The maximum absolute atomic E-state index is 13.6. The van der Waals surface area contributed by atoms with Gasteiger partial charge in [0, 0.05) is 0 Å². The first-order chi connectivity index (χ1) is 9.17. The quantitative estimate of drug-likeness (QED) is 0.821. The van der Waals surface area contributed by atoms with Crippen molar-refractivity contribution in [1.82, 2.24) is 0 Å². The van der Waals surface area contributed by atoms with Crippen LogP contribution >= 0.6 is 0 Å². The molecule has 1 unspecified atom stereocenters. The van der Waals surface area contributed by atoms with Crippen molar-refractivity contribution in [3.63, 3.8) is 0 Å². The molecule has 0 N–H and O–H groups in total. The third-order valence-electron chi connectivity index (χ3n) is 4.36. The zero-order valence-corrected chi connectivity index (χ0v) is 11.5. The van der Waals surface area contributed by atoms with Crippen LogP contribution in [0.3, 0.4) is 0 Å². The van der Waals surface area contributed by atoms with Crippen molar-refractivity contribution in [1.29, 1.82) is 0 Å². The highest BCUT2D eigenvalue weighted by molar-refractivity contribution is 5.29. The molecule has 2 nitrogen and oxygen atoms in total. The van der Waals surface area contributed by atoms with Crippen LogP contribution in [-0.2, 0) is 4.74 Å². The van der Waals surface area contributed by atoms with E-state index in [1.54, 1.807) is 12.1 Å². The highest BCUT2D eigenvalue weighted by Crippen LogP contribution is 2.43. The van der Waals surface area contributed by atoms with E-state index in [0.29, 0.717) is 12.4 Å². The summed E-state index contributed by atoms with van der Waals surface area (Å²) in [7, 11) is 0. The molecule has 2 aliphatic rings. The maximum Gasteiger partial charge on any atom is 0.165 e. The second-order valence-corrected chi connectivity index (χ2v) is 5.91. The minimum atomic E-state index is -0.292. The second-order valence-electron chi connectivity index (χ2n) is 5.91. The Morgan fingerprint density at radius 3 is 2.89 bits per heavy atom. The van der Waals surface area contributed by atoms with Gasteiger partial charge in [-0.3, -0.25) is 0 Å². The third kappa shape index (κ3) is 2.76. The third-order valence-corrected chi connectivity index (χ3v) is 4.36. The lowest BCUT2D eigenvalue weighted by Gasteiger charge is -2.23. The van der Waals surface area contributed by atoms with E-state index in [0.717, 1.165) is 18.4 Å². The molecule has 1 atom stereocenters. The summed E-state index contributed by atoms with van der Waals surface area (Å²) in [5.74, 6) is 0.0511. The van der Waals surface area contributed by atoms with Gasteiger partial charge in [0.2, 0.25) is 0 Å². The summed E-state index contributed by atoms with van der Waals surface area (Å²) in [4.78, 5) is 0. The Morgan fingerprint density at radius 1 is 1.32 bits per heavy atom. The predicted octanol–water partition coefficient (Wildman–Crippen LogP) is 4.00. The van der Waals surface area contributed by atoms with Gasteiger partial charge in [-0.15, -0.1) is 0 Å². The first kappa shape index (κ1) is 12.9. The average molecular weight is 264 g/mol. The first-order valence-electron chi connectivity index (χ1n) is 7.24. The van der Waals surface area contributed by atoms with Crippen LogP contribution in [0, 0.1) is 12.7 Å². The van der Waals surface area contributed by atoms with Gasteiger partial charge in [0.05, 0.1) is 11.7 Å². The van der Waals surface area contributed by atoms with E-state index in [2.05, 4.69) is 0 Å². The van der Waals surface area contributed by atoms with Crippen molar-refractivity contribution >= 4 is 0 Å². The van der Waals surface area contributed by atoms with Gasteiger partial charge in [-0.1, -0.05) is 18.9 Å². The van der Waals surface area contributed by atoms with E-state index >= 15 is 0 Å². The largest absolute Gasteiger partial charge is 0.488 e. The van der Waals surface area contributed by atoms with E-state index in [4.69, 9.17) is 9.47 Å². The van der Waals surface area contributed by atoms with E-state index in [9.17, 15) is 4.39 Å². The molecular weight excluding hydrogens is 243 g/mol. The van der Waals surface area contributed by atoms with Gasteiger partial charge in [-0.25, -0.2) is 4.39 Å². The number of rotatable bonds is 3. The second kappa shape index (κ2) is 5.12. The molecule has 1 aliphatic heterocycles. The molecule has 3 rings (SSSR count). The van der Waals surface area contributed by atoms with Crippen molar-refractivity contribution < 1.29 is 13.9 Å². The van der Waals surface area contributed by atoms with Gasteiger partial charge >= 0.3 is 0 Å². The summed E-state index contributed by atoms with van der Waals surface area (Å²) in [6, 6.07) is 4.95. The van der Waals surface area contributed by atoms with E-state index in [1.165, 1.54) is 31.7 Å². The molecule has 0 aromatic heterocycles. The molecule has 3 heteroatoms. The Bertz CT molecular complexity index is 452. The normalized spacial score (nSPS) is 25.1. The van der Waals surface area contributed by atoms with Crippen LogP contribution in [0.5, 0.6) is 5.75 Å². The van der Waals surface area contributed by atoms with Crippen molar-refractivity contribution in [2.75, 3.05) is 6.61 Å². The summed E-state index contributed by atoms with van der Waals surface area (Å²) >= 11 is 0. The molecule has 1 spiro atoms. The van der Waals surface area contributed by atoms with Crippen LogP contribution in [0.4, 0.5) is 4.39 Å². The maximum atomic E-state index is 13.6. The Balaban J connectivity index is 1.57. The fourth-order valence-corrected chi connectivity index (χ4v) is 3.30. The molecule has 0 amide bonds. The van der Waals surface area contributed by atoms with Crippen LogP contribution < -0.4 is 4.74 Å². The van der Waals surface area contributed by atoms with Crippen LogP contribution in [0.2, 0.25) is 0 Å². The lowest BCUT2D eigenvalue weighted by atomic mass is 9.98. The lowest BCUT2D eigenvalue weighted by Crippen LogP contribution is -2.27. The molecule has 2 fully saturated rings. The molecule has 19 heavy (non-hydrogen) atoms. The van der Waals surface area contributed by atoms with Crippen molar-refractivity contribution in [3.8, 4) is 5.75 Å². The number of halogens is 1. The highest BCUT2D eigenvalue weighted by Gasteiger charge is 2.42. The highest BCUT2D eigenvalue weighted by atomic mass is 19.1. The molecule has 1 saturated heterocycles. The Labute approximate surface area is 113 Å². The van der Waals surface area contributed by atoms with Crippen LogP contribution in [-0.4, -0.2) is 18.3 Å². The minimum absolute atomic E-state index is 0.123. The number of hydrogen-bond donors (Lipinski definition) is 0. The van der Waals surface area contributed by atoms with Crippen molar-refractivity contribution in [3.05, 3.63) is 29.6 Å². The SMILES string of the molecule is Cc1ccc(F)c(OCC2CCC3(CCCC3)O2)c1. The van der Waals surface area contributed by atoms with Gasteiger partial charge in [0.1, 0.15) is 6.61 Å². The van der Waals surface area contributed by atoms with Crippen molar-refractivity contribution in [2.45, 2.75) is 57.2 Å². The average Bonchev–Trinajstić information content (AvgIpc) is 3.02. The summed E-state index contributed by atoms with van der Waals surface area (Å²) in [6.45, 7) is 2.40. The summed E-state index contributed by atoms with van der Waals surface area (Å²) in [5.41, 5.74) is 1.13. The van der Waals surface area contributed by atoms with Crippen LogP contribution in [0.25, 0.3) is 0 Å². The van der Waals surface area contributed by atoms with E-state index < -0.39 is 0 Å². The Morgan fingerprint density at radius 2 is 2.11 bits per heavy atom. The van der Waals surface area contributed by atoms with Gasteiger partial charge in [0.15, 0.2) is 11.6 Å². The van der Waals surface area contributed by atoms with Crippen LogP contribution in [0.1, 0.15) is 44.1 Å². The molecular formula is C16H21FO2. The molecule has 1 heterocycles. The summed E-state index contributed by atoms with van der Waals surface area (Å²) in [5, 5.41) is 0. The summed E-state index contributed by atoms with van der Waals surface area (Å²) < 4.78 is 25.3. The molecule has 1 aliphatic carbocycles.